The van der Waals surface area contributed by atoms with Gasteiger partial charge in [-0.2, -0.15) is 0 Å². The van der Waals surface area contributed by atoms with Crippen LogP contribution in [0.15, 0.2) is 24.3 Å². The number of carboxylic acids is 1. The van der Waals surface area contributed by atoms with Crippen LogP contribution in [0.3, 0.4) is 0 Å². The molecule has 4 nitrogen and oxygen atoms in total. The van der Waals surface area contributed by atoms with Crippen LogP contribution in [-0.4, -0.2) is 17.7 Å². The van der Waals surface area contributed by atoms with Crippen molar-refractivity contribution in [1.82, 2.24) is 0 Å². The fourth-order valence-electron chi connectivity index (χ4n) is 1.21. The van der Waals surface area contributed by atoms with E-state index in [1.54, 1.807) is 19.9 Å². The van der Waals surface area contributed by atoms with E-state index in [4.69, 9.17) is 15.6 Å². The van der Waals surface area contributed by atoms with E-state index >= 15 is 0 Å². The number of hydrogen-bond acceptors (Lipinski definition) is 3. The van der Waals surface area contributed by atoms with Crippen molar-refractivity contribution in [1.29, 1.82) is 0 Å². The van der Waals surface area contributed by atoms with Crippen molar-refractivity contribution in [3.63, 3.8) is 0 Å². The minimum absolute atomic E-state index is 0.0639. The van der Waals surface area contributed by atoms with Gasteiger partial charge in [0.25, 0.3) is 0 Å². The van der Waals surface area contributed by atoms with E-state index < -0.39 is 11.4 Å². The highest BCUT2D eigenvalue weighted by Crippen LogP contribution is 2.21. The quantitative estimate of drug-likeness (QED) is 0.823. The molecule has 3 N–H and O–H groups in total. The van der Waals surface area contributed by atoms with Gasteiger partial charge in [-0.25, -0.2) is 0 Å². The van der Waals surface area contributed by atoms with Crippen molar-refractivity contribution in [2.24, 2.45) is 11.1 Å². The summed E-state index contributed by atoms with van der Waals surface area (Å²) in [7, 11) is 0. The lowest BCUT2D eigenvalue weighted by Gasteiger charge is -2.20. The van der Waals surface area contributed by atoms with Gasteiger partial charge in [0.1, 0.15) is 12.4 Å². The maximum Gasteiger partial charge on any atom is 0.312 e. The lowest BCUT2D eigenvalue weighted by molar-refractivity contribution is -0.148. The second-order valence-corrected chi connectivity index (χ2v) is 4.84. The Kier molecular flexibility index (Phi) is 4.12. The van der Waals surface area contributed by atoms with E-state index in [0.29, 0.717) is 5.75 Å². The van der Waals surface area contributed by atoms with Crippen LogP contribution < -0.4 is 10.5 Å². The van der Waals surface area contributed by atoms with Gasteiger partial charge in [-0.3, -0.25) is 4.79 Å². The number of nitrogens with two attached hydrogens (primary N) is 1. The van der Waals surface area contributed by atoms with E-state index in [1.165, 1.54) is 0 Å². The molecule has 1 aromatic carbocycles. The summed E-state index contributed by atoms with van der Waals surface area (Å²) in [4.78, 5) is 10.9. The molecule has 0 radical (unpaired) electrons. The molecule has 1 atom stereocenters. The summed E-state index contributed by atoms with van der Waals surface area (Å²) < 4.78 is 5.49. The average molecular weight is 237 g/mol. The van der Waals surface area contributed by atoms with E-state index in [1.807, 2.05) is 25.1 Å². The molecule has 0 aliphatic rings. The van der Waals surface area contributed by atoms with Gasteiger partial charge in [0.05, 0.1) is 5.41 Å². The Bertz CT molecular complexity index is 399. The maximum atomic E-state index is 10.9. The van der Waals surface area contributed by atoms with E-state index in [-0.39, 0.29) is 12.6 Å². The average Bonchev–Trinajstić information content (AvgIpc) is 2.26. The number of carbonyl (C=O) groups is 1. The SMILES string of the molecule is C[C@H](N)c1cccc(OCC(C)(C)C(=O)O)c1. The van der Waals surface area contributed by atoms with Crippen molar-refractivity contribution in [3.05, 3.63) is 29.8 Å². The topological polar surface area (TPSA) is 72.5 Å². The number of ether oxygens (including phenoxy) is 1. The minimum atomic E-state index is -0.898. The molecule has 0 amide bonds. The highest BCUT2D eigenvalue weighted by atomic mass is 16.5. The highest BCUT2D eigenvalue weighted by molar-refractivity contribution is 5.73. The van der Waals surface area contributed by atoms with Crippen LogP contribution in [0.25, 0.3) is 0 Å². The standard InChI is InChI=1S/C13H19NO3/c1-9(14)10-5-4-6-11(7-10)17-8-13(2,3)12(15)16/h4-7,9H,8,14H2,1-3H3,(H,15,16)/t9-/m0/s1. The molecule has 0 heterocycles. The molecule has 0 fully saturated rings. The number of rotatable bonds is 5. The molecule has 0 saturated heterocycles. The summed E-state index contributed by atoms with van der Waals surface area (Å²) in [6.07, 6.45) is 0. The Hall–Kier alpha value is -1.55. The summed E-state index contributed by atoms with van der Waals surface area (Å²) in [5.74, 6) is -0.227. The molecule has 0 bridgehead atoms. The van der Waals surface area contributed by atoms with E-state index in [9.17, 15) is 4.79 Å². The smallest absolute Gasteiger partial charge is 0.312 e. The first kappa shape index (κ1) is 13.5. The second-order valence-electron chi connectivity index (χ2n) is 4.84. The summed E-state index contributed by atoms with van der Waals surface area (Å²) in [6, 6.07) is 7.33. The summed E-state index contributed by atoms with van der Waals surface area (Å²) in [5.41, 5.74) is 5.83. The molecule has 1 aromatic rings. The van der Waals surface area contributed by atoms with Crippen molar-refractivity contribution in [2.45, 2.75) is 26.8 Å². The predicted molar refractivity (Wildman–Crippen MR) is 66.0 cm³/mol. The number of hydrogen-bond donors (Lipinski definition) is 2. The third-order valence-corrected chi connectivity index (χ3v) is 2.56. The molecule has 0 aromatic heterocycles. The fraction of sp³-hybridized carbons (Fsp3) is 0.462. The van der Waals surface area contributed by atoms with Crippen LogP contribution in [0.4, 0.5) is 0 Å². The number of aliphatic carboxylic acids is 1. The Morgan fingerprint density at radius 2 is 2.18 bits per heavy atom. The van der Waals surface area contributed by atoms with E-state index in [0.717, 1.165) is 5.56 Å². The summed E-state index contributed by atoms with van der Waals surface area (Å²) >= 11 is 0. The van der Waals surface area contributed by atoms with Crippen molar-refractivity contribution in [3.8, 4) is 5.75 Å². The Morgan fingerprint density at radius 3 is 2.71 bits per heavy atom. The molecule has 4 heteroatoms. The van der Waals surface area contributed by atoms with Crippen LogP contribution >= 0.6 is 0 Å². The summed E-state index contributed by atoms with van der Waals surface area (Å²) in [6.45, 7) is 5.28. The normalized spacial score (nSPS) is 13.2. The Labute approximate surface area is 101 Å². The minimum Gasteiger partial charge on any atom is -0.492 e. The molecular formula is C13H19NO3. The molecule has 17 heavy (non-hydrogen) atoms. The second kappa shape index (κ2) is 5.19. The number of carboxylic acid groups (broad SMARTS) is 1. The van der Waals surface area contributed by atoms with Crippen molar-refractivity contribution in [2.75, 3.05) is 6.61 Å². The Balaban J connectivity index is 2.70. The maximum absolute atomic E-state index is 10.9. The van der Waals surface area contributed by atoms with Crippen LogP contribution in [0, 0.1) is 5.41 Å². The van der Waals surface area contributed by atoms with Crippen molar-refractivity contribution < 1.29 is 14.6 Å². The lowest BCUT2D eigenvalue weighted by Crippen LogP contribution is -2.30. The van der Waals surface area contributed by atoms with Gasteiger partial charge < -0.3 is 15.6 Å². The van der Waals surface area contributed by atoms with Crippen molar-refractivity contribution >= 4 is 5.97 Å². The van der Waals surface area contributed by atoms with Gasteiger partial charge in [-0.1, -0.05) is 12.1 Å². The number of benzene rings is 1. The molecule has 1 rings (SSSR count). The van der Waals surface area contributed by atoms with Gasteiger partial charge in [0, 0.05) is 6.04 Å². The van der Waals surface area contributed by atoms with Gasteiger partial charge in [-0.05, 0) is 38.5 Å². The molecule has 94 valence electrons. The van der Waals surface area contributed by atoms with Crippen LogP contribution in [0.2, 0.25) is 0 Å². The largest absolute Gasteiger partial charge is 0.492 e. The molecule has 0 aliphatic heterocycles. The molecular weight excluding hydrogens is 218 g/mol. The summed E-state index contributed by atoms with van der Waals surface area (Å²) in [5, 5.41) is 8.96. The van der Waals surface area contributed by atoms with Crippen LogP contribution in [-0.2, 0) is 4.79 Å². The molecule has 0 spiro atoms. The fourth-order valence-corrected chi connectivity index (χ4v) is 1.21. The zero-order chi connectivity index (χ0) is 13.1. The van der Waals surface area contributed by atoms with Crippen LogP contribution in [0.5, 0.6) is 5.75 Å². The predicted octanol–water partition coefficient (Wildman–Crippen LogP) is 2.20. The first-order valence-corrected chi connectivity index (χ1v) is 5.54. The van der Waals surface area contributed by atoms with Gasteiger partial charge >= 0.3 is 5.97 Å². The third kappa shape index (κ3) is 3.75. The van der Waals surface area contributed by atoms with Gasteiger partial charge in [0.2, 0.25) is 0 Å². The Morgan fingerprint density at radius 1 is 1.53 bits per heavy atom. The van der Waals surface area contributed by atoms with Crippen LogP contribution in [0.1, 0.15) is 32.4 Å². The zero-order valence-electron chi connectivity index (χ0n) is 10.4. The lowest BCUT2D eigenvalue weighted by atomic mass is 9.95. The van der Waals surface area contributed by atoms with Gasteiger partial charge in [-0.15, -0.1) is 0 Å². The molecule has 0 unspecified atom stereocenters. The van der Waals surface area contributed by atoms with Gasteiger partial charge in [0.15, 0.2) is 0 Å². The third-order valence-electron chi connectivity index (χ3n) is 2.56. The highest BCUT2D eigenvalue weighted by Gasteiger charge is 2.28. The first-order valence-electron chi connectivity index (χ1n) is 5.54. The monoisotopic (exact) mass is 237 g/mol. The van der Waals surface area contributed by atoms with E-state index in [2.05, 4.69) is 0 Å². The molecule has 0 aliphatic carbocycles. The molecule has 0 saturated carbocycles. The zero-order valence-corrected chi connectivity index (χ0v) is 10.4. The first-order chi connectivity index (χ1) is 7.83.